The second-order valence-electron chi connectivity index (χ2n) is 6.37. The summed E-state index contributed by atoms with van der Waals surface area (Å²) in [5.41, 5.74) is 0.447. The van der Waals surface area contributed by atoms with Crippen molar-refractivity contribution in [3.05, 3.63) is 46.8 Å². The molecule has 0 aromatic heterocycles. The van der Waals surface area contributed by atoms with Crippen molar-refractivity contribution in [2.45, 2.75) is 44.7 Å². The van der Waals surface area contributed by atoms with Crippen LogP contribution in [-0.4, -0.2) is 29.6 Å². The smallest absolute Gasteiger partial charge is 0.233 e. The lowest BCUT2D eigenvalue weighted by atomic mass is 9.84. The van der Waals surface area contributed by atoms with Gasteiger partial charge in [-0.3, -0.25) is 4.90 Å². The zero-order valence-corrected chi connectivity index (χ0v) is 12.2. The lowest BCUT2D eigenvalue weighted by Gasteiger charge is -2.41. The highest BCUT2D eigenvalue weighted by atomic mass is 19.1. The maximum Gasteiger partial charge on any atom is 0.233 e. The summed E-state index contributed by atoms with van der Waals surface area (Å²) in [5.74, 6) is -1.31. The van der Waals surface area contributed by atoms with Crippen molar-refractivity contribution in [1.82, 2.24) is 4.90 Å². The van der Waals surface area contributed by atoms with Gasteiger partial charge in [0.2, 0.25) is 6.04 Å². The summed E-state index contributed by atoms with van der Waals surface area (Å²) in [6.45, 7) is 15.1. The number of nitrogens with zero attached hydrogens (tertiary/aromatic N) is 2. The van der Waals surface area contributed by atoms with Crippen LogP contribution < -0.4 is 0 Å². The first-order valence-corrected chi connectivity index (χ1v) is 6.89. The molecule has 2 rings (SSSR count). The molecule has 2 nitrogen and oxygen atoms in total. The van der Waals surface area contributed by atoms with Crippen LogP contribution in [0.1, 0.15) is 38.7 Å². The molecule has 2 atom stereocenters. The van der Waals surface area contributed by atoms with Crippen LogP contribution in [0, 0.1) is 18.2 Å². The summed E-state index contributed by atoms with van der Waals surface area (Å²) in [6, 6.07) is 3.44. The van der Waals surface area contributed by atoms with Crippen LogP contribution in [0.4, 0.5) is 8.78 Å². The Morgan fingerprint density at radius 1 is 1.30 bits per heavy atom. The SMILES string of the molecule is [C-]#[N+]C1CCN(C(C)(C)C)C[C@H]1c1ccc(F)cc1F. The van der Waals surface area contributed by atoms with Gasteiger partial charge in [-0.1, -0.05) is 6.07 Å². The highest BCUT2D eigenvalue weighted by Crippen LogP contribution is 2.34. The molecule has 0 radical (unpaired) electrons. The molecule has 1 fully saturated rings. The molecule has 1 heterocycles. The molecule has 0 amide bonds. The molecule has 0 N–H and O–H groups in total. The van der Waals surface area contributed by atoms with Crippen molar-refractivity contribution < 1.29 is 8.78 Å². The normalized spacial score (nSPS) is 24.4. The third-order valence-electron chi connectivity index (χ3n) is 4.05. The average molecular weight is 278 g/mol. The monoisotopic (exact) mass is 278 g/mol. The number of benzene rings is 1. The van der Waals surface area contributed by atoms with Crippen molar-refractivity contribution in [3.63, 3.8) is 0 Å². The Morgan fingerprint density at radius 3 is 2.55 bits per heavy atom. The molecule has 1 aromatic rings. The minimum atomic E-state index is -0.575. The quantitative estimate of drug-likeness (QED) is 0.708. The number of hydrogen-bond donors (Lipinski definition) is 0. The molecule has 0 spiro atoms. The van der Waals surface area contributed by atoms with Crippen LogP contribution in [0.3, 0.4) is 0 Å². The second-order valence-corrected chi connectivity index (χ2v) is 6.37. The third kappa shape index (κ3) is 2.99. The van der Waals surface area contributed by atoms with Gasteiger partial charge in [-0.05, 0) is 26.8 Å². The van der Waals surface area contributed by atoms with Crippen molar-refractivity contribution >= 4 is 0 Å². The fourth-order valence-corrected chi connectivity index (χ4v) is 2.81. The summed E-state index contributed by atoms with van der Waals surface area (Å²) in [5, 5.41) is 0. The topological polar surface area (TPSA) is 7.60 Å². The maximum absolute atomic E-state index is 14.0. The van der Waals surface area contributed by atoms with Crippen LogP contribution in [-0.2, 0) is 0 Å². The summed E-state index contributed by atoms with van der Waals surface area (Å²) in [6.07, 6.45) is 0.724. The number of hydrogen-bond acceptors (Lipinski definition) is 1. The summed E-state index contributed by atoms with van der Waals surface area (Å²) in [4.78, 5) is 5.91. The van der Waals surface area contributed by atoms with E-state index < -0.39 is 11.6 Å². The Hall–Kier alpha value is -1.47. The van der Waals surface area contributed by atoms with Gasteiger partial charge >= 0.3 is 0 Å². The van der Waals surface area contributed by atoms with E-state index in [0.29, 0.717) is 12.1 Å². The van der Waals surface area contributed by atoms with Crippen molar-refractivity contribution in [2.75, 3.05) is 13.1 Å². The van der Waals surface area contributed by atoms with E-state index in [1.165, 1.54) is 12.1 Å². The van der Waals surface area contributed by atoms with E-state index >= 15 is 0 Å². The van der Waals surface area contributed by atoms with Crippen molar-refractivity contribution in [1.29, 1.82) is 0 Å². The van der Waals surface area contributed by atoms with E-state index in [1.54, 1.807) is 0 Å². The van der Waals surface area contributed by atoms with E-state index in [1.807, 2.05) is 0 Å². The predicted octanol–water partition coefficient (Wildman–Crippen LogP) is 3.84. The van der Waals surface area contributed by atoms with E-state index in [4.69, 9.17) is 6.57 Å². The van der Waals surface area contributed by atoms with E-state index in [2.05, 4.69) is 30.5 Å². The maximum atomic E-state index is 14.0. The van der Waals surface area contributed by atoms with Gasteiger partial charge in [-0.2, -0.15) is 0 Å². The molecule has 1 aromatic carbocycles. The Bertz CT molecular complexity index is 528. The molecule has 0 saturated carbocycles. The number of piperidine rings is 1. The molecule has 1 aliphatic rings. The number of rotatable bonds is 1. The van der Waals surface area contributed by atoms with E-state index in [9.17, 15) is 8.78 Å². The van der Waals surface area contributed by atoms with Crippen LogP contribution in [0.2, 0.25) is 0 Å². The largest absolute Gasteiger partial charge is 0.313 e. The molecule has 20 heavy (non-hydrogen) atoms. The predicted molar refractivity (Wildman–Crippen MR) is 75.4 cm³/mol. The molecular weight excluding hydrogens is 258 g/mol. The zero-order chi connectivity index (χ0) is 14.9. The zero-order valence-electron chi connectivity index (χ0n) is 12.2. The Morgan fingerprint density at radius 2 is 2.00 bits per heavy atom. The standard InChI is InChI=1S/C16H20F2N2/c1-16(2,3)20-8-7-15(19-4)13(10-20)12-6-5-11(17)9-14(12)18/h5-6,9,13,15H,7-8,10H2,1-3H3/t13-,15?/m0/s1. The lowest BCUT2D eigenvalue weighted by Crippen LogP contribution is -2.50. The van der Waals surface area contributed by atoms with Gasteiger partial charge in [0.05, 0.1) is 5.92 Å². The molecule has 108 valence electrons. The average Bonchev–Trinajstić information content (AvgIpc) is 2.37. The van der Waals surface area contributed by atoms with Gasteiger partial charge < -0.3 is 4.85 Å². The molecule has 1 aliphatic heterocycles. The van der Waals surface area contributed by atoms with E-state index in [-0.39, 0.29) is 17.5 Å². The van der Waals surface area contributed by atoms with Gasteiger partial charge in [-0.15, -0.1) is 0 Å². The second kappa shape index (κ2) is 5.49. The van der Waals surface area contributed by atoms with Gasteiger partial charge in [0, 0.05) is 36.7 Å². The molecular formula is C16H20F2N2. The van der Waals surface area contributed by atoms with Gasteiger partial charge in [0.15, 0.2) is 0 Å². The third-order valence-corrected chi connectivity index (χ3v) is 4.05. The fraction of sp³-hybridized carbons (Fsp3) is 0.562. The number of likely N-dealkylation sites (tertiary alicyclic amines) is 1. The van der Waals surface area contributed by atoms with Crippen molar-refractivity contribution in [3.8, 4) is 0 Å². The lowest BCUT2D eigenvalue weighted by molar-refractivity contribution is 0.0948. The van der Waals surface area contributed by atoms with Gasteiger partial charge in [0.1, 0.15) is 11.6 Å². The first kappa shape index (κ1) is 14.9. The molecule has 0 bridgehead atoms. The van der Waals surface area contributed by atoms with Crippen LogP contribution >= 0.6 is 0 Å². The molecule has 4 heteroatoms. The van der Waals surface area contributed by atoms with Crippen LogP contribution in [0.5, 0.6) is 0 Å². The van der Waals surface area contributed by atoms with E-state index in [0.717, 1.165) is 19.0 Å². The van der Waals surface area contributed by atoms with Crippen molar-refractivity contribution in [2.24, 2.45) is 0 Å². The minimum Gasteiger partial charge on any atom is -0.313 e. The Labute approximate surface area is 119 Å². The Balaban J connectivity index is 2.32. The first-order valence-electron chi connectivity index (χ1n) is 6.89. The minimum absolute atomic E-state index is 0.0121. The first-order chi connectivity index (χ1) is 9.32. The van der Waals surface area contributed by atoms with Crippen LogP contribution in [0.15, 0.2) is 18.2 Å². The molecule has 1 saturated heterocycles. The van der Waals surface area contributed by atoms with Crippen LogP contribution in [0.25, 0.3) is 4.85 Å². The van der Waals surface area contributed by atoms with Gasteiger partial charge in [0.25, 0.3) is 0 Å². The van der Waals surface area contributed by atoms with Gasteiger partial charge in [-0.25, -0.2) is 15.4 Å². The summed E-state index contributed by atoms with van der Waals surface area (Å²) in [7, 11) is 0. The number of halogens is 2. The highest BCUT2D eigenvalue weighted by Gasteiger charge is 2.39. The summed E-state index contributed by atoms with van der Waals surface area (Å²) >= 11 is 0. The summed E-state index contributed by atoms with van der Waals surface area (Å²) < 4.78 is 27.1. The highest BCUT2D eigenvalue weighted by molar-refractivity contribution is 5.27. The fourth-order valence-electron chi connectivity index (χ4n) is 2.81. The Kier molecular flexibility index (Phi) is 4.10. The molecule has 0 aliphatic carbocycles. The molecule has 1 unspecified atom stereocenters.